The van der Waals surface area contributed by atoms with Crippen molar-refractivity contribution in [3.8, 4) is 11.5 Å². The van der Waals surface area contributed by atoms with Gasteiger partial charge in [0.25, 0.3) is 5.91 Å². The first-order valence-corrected chi connectivity index (χ1v) is 9.35. The van der Waals surface area contributed by atoms with Crippen molar-refractivity contribution in [2.45, 2.75) is 25.8 Å². The fourth-order valence-electron chi connectivity index (χ4n) is 3.72. The summed E-state index contributed by atoms with van der Waals surface area (Å²) in [6.45, 7) is 3.79. The smallest absolute Gasteiger partial charge is 0.254 e. The van der Waals surface area contributed by atoms with Gasteiger partial charge in [-0.25, -0.2) is 0 Å². The number of rotatable bonds is 5. The zero-order valence-electron chi connectivity index (χ0n) is 16.6. The molecule has 5 nitrogen and oxygen atoms in total. The Balaban J connectivity index is 1.79. The number of likely N-dealkylation sites (N-methyl/N-ethyl adjacent to an activating group) is 1. The lowest BCUT2D eigenvalue weighted by Gasteiger charge is -2.39. The Labute approximate surface area is 161 Å². The zero-order valence-corrected chi connectivity index (χ0v) is 16.6. The van der Waals surface area contributed by atoms with Crippen LogP contribution in [0.5, 0.6) is 11.5 Å². The first kappa shape index (κ1) is 19.1. The number of carbonyl (C=O) groups excluding carboxylic acids is 1. The van der Waals surface area contributed by atoms with Crippen molar-refractivity contribution in [1.29, 1.82) is 0 Å². The van der Waals surface area contributed by atoms with Crippen LogP contribution in [0.15, 0.2) is 42.5 Å². The van der Waals surface area contributed by atoms with Gasteiger partial charge < -0.3 is 19.3 Å². The zero-order chi connectivity index (χ0) is 19.4. The minimum atomic E-state index is -0.00786. The molecule has 0 N–H and O–H groups in total. The molecule has 2 aromatic rings. The molecule has 0 bridgehead atoms. The third-order valence-corrected chi connectivity index (χ3v) is 5.39. The molecule has 0 aromatic heterocycles. The molecule has 0 saturated carbocycles. The van der Waals surface area contributed by atoms with E-state index < -0.39 is 0 Å². The molecule has 1 aliphatic heterocycles. The minimum Gasteiger partial charge on any atom is -0.496 e. The molecule has 0 aliphatic carbocycles. The van der Waals surface area contributed by atoms with Gasteiger partial charge in [-0.3, -0.25) is 4.79 Å². The van der Waals surface area contributed by atoms with Crippen molar-refractivity contribution >= 4 is 11.6 Å². The highest BCUT2D eigenvalue weighted by Gasteiger charge is 2.27. The van der Waals surface area contributed by atoms with Crippen LogP contribution in [0, 0.1) is 6.92 Å². The highest BCUT2D eigenvalue weighted by molar-refractivity contribution is 5.95. The topological polar surface area (TPSA) is 42.0 Å². The standard InChI is InChI=1S/C22H28N2O3/c1-16-20(26-3)13-17(14-21(16)27-4)22(25)23(2)19-11-8-12-24(15-19)18-9-6-5-7-10-18/h5-7,9-10,13-14,19H,8,11-12,15H2,1-4H3. The second-order valence-corrected chi connectivity index (χ2v) is 7.00. The molecule has 3 rings (SSSR count). The molecule has 144 valence electrons. The lowest BCUT2D eigenvalue weighted by Crippen LogP contribution is -2.48. The number of para-hydroxylation sites is 1. The Morgan fingerprint density at radius 3 is 2.33 bits per heavy atom. The molecule has 1 atom stereocenters. The number of ether oxygens (including phenoxy) is 2. The molecule has 0 spiro atoms. The van der Waals surface area contributed by atoms with Crippen molar-refractivity contribution in [1.82, 2.24) is 4.90 Å². The van der Waals surface area contributed by atoms with Gasteiger partial charge >= 0.3 is 0 Å². The van der Waals surface area contributed by atoms with E-state index in [4.69, 9.17) is 9.47 Å². The SMILES string of the molecule is COc1cc(C(=O)N(C)C2CCCN(c3ccccc3)C2)cc(OC)c1C. The van der Waals surface area contributed by atoms with Crippen LogP contribution >= 0.6 is 0 Å². The van der Waals surface area contributed by atoms with Crippen LogP contribution in [0.2, 0.25) is 0 Å². The molecule has 1 heterocycles. The number of methoxy groups -OCH3 is 2. The summed E-state index contributed by atoms with van der Waals surface area (Å²) in [5.41, 5.74) is 2.70. The van der Waals surface area contributed by atoms with Crippen LogP contribution < -0.4 is 14.4 Å². The third-order valence-electron chi connectivity index (χ3n) is 5.39. The maximum Gasteiger partial charge on any atom is 0.254 e. The van der Waals surface area contributed by atoms with Gasteiger partial charge in [-0.2, -0.15) is 0 Å². The third kappa shape index (κ3) is 4.02. The first-order chi connectivity index (χ1) is 13.0. The summed E-state index contributed by atoms with van der Waals surface area (Å²) in [5.74, 6) is 1.33. The van der Waals surface area contributed by atoms with Gasteiger partial charge in [0, 0.05) is 43.0 Å². The van der Waals surface area contributed by atoms with E-state index in [1.807, 2.05) is 24.9 Å². The second kappa shape index (κ2) is 8.33. The number of nitrogens with zero attached hydrogens (tertiary/aromatic N) is 2. The van der Waals surface area contributed by atoms with Gasteiger partial charge in [0.2, 0.25) is 0 Å². The molecule has 27 heavy (non-hydrogen) atoms. The van der Waals surface area contributed by atoms with Gasteiger partial charge in [0.05, 0.1) is 14.2 Å². The fourth-order valence-corrected chi connectivity index (χ4v) is 3.72. The van der Waals surface area contributed by atoms with Crippen molar-refractivity contribution < 1.29 is 14.3 Å². The molecule has 1 amide bonds. The molecular weight excluding hydrogens is 340 g/mol. The summed E-state index contributed by atoms with van der Waals surface area (Å²) < 4.78 is 10.8. The largest absolute Gasteiger partial charge is 0.496 e. The van der Waals surface area contributed by atoms with E-state index in [1.54, 1.807) is 26.4 Å². The van der Waals surface area contributed by atoms with Gasteiger partial charge in [-0.15, -0.1) is 0 Å². The summed E-state index contributed by atoms with van der Waals surface area (Å²) in [4.78, 5) is 17.3. The minimum absolute atomic E-state index is 0.00786. The summed E-state index contributed by atoms with van der Waals surface area (Å²) >= 11 is 0. The van der Waals surface area contributed by atoms with Gasteiger partial charge in [0.1, 0.15) is 11.5 Å². The van der Waals surface area contributed by atoms with Crippen molar-refractivity contribution in [3.05, 3.63) is 53.6 Å². The van der Waals surface area contributed by atoms with Crippen LogP contribution in [0.1, 0.15) is 28.8 Å². The molecule has 1 aliphatic rings. The number of carbonyl (C=O) groups is 1. The molecule has 5 heteroatoms. The van der Waals surface area contributed by atoms with Crippen LogP contribution in [-0.2, 0) is 0 Å². The lowest BCUT2D eigenvalue weighted by atomic mass is 10.0. The number of hydrogen-bond acceptors (Lipinski definition) is 4. The van der Waals surface area contributed by atoms with E-state index in [2.05, 4.69) is 29.2 Å². The Morgan fingerprint density at radius 2 is 1.74 bits per heavy atom. The fraction of sp³-hybridized carbons (Fsp3) is 0.409. The lowest BCUT2D eigenvalue weighted by molar-refractivity contribution is 0.0716. The molecule has 2 aromatic carbocycles. The number of amides is 1. The van der Waals surface area contributed by atoms with Crippen molar-refractivity contribution in [2.75, 3.05) is 39.3 Å². The molecular formula is C22H28N2O3. The molecule has 1 unspecified atom stereocenters. The average Bonchev–Trinajstić information content (AvgIpc) is 2.73. The van der Waals surface area contributed by atoms with Crippen molar-refractivity contribution in [3.63, 3.8) is 0 Å². The van der Waals surface area contributed by atoms with E-state index in [-0.39, 0.29) is 11.9 Å². The second-order valence-electron chi connectivity index (χ2n) is 7.00. The van der Waals surface area contributed by atoms with Crippen LogP contribution in [-0.4, -0.2) is 51.2 Å². The van der Waals surface area contributed by atoms with E-state index in [1.165, 1.54) is 5.69 Å². The van der Waals surface area contributed by atoms with Gasteiger partial charge in [0.15, 0.2) is 0 Å². The van der Waals surface area contributed by atoms with E-state index in [9.17, 15) is 4.79 Å². The number of piperidine rings is 1. The van der Waals surface area contributed by atoms with E-state index in [0.29, 0.717) is 17.1 Å². The quantitative estimate of drug-likeness (QED) is 0.806. The van der Waals surface area contributed by atoms with Crippen molar-refractivity contribution in [2.24, 2.45) is 0 Å². The van der Waals surface area contributed by atoms with Crippen LogP contribution in [0.25, 0.3) is 0 Å². The predicted molar refractivity (Wildman–Crippen MR) is 108 cm³/mol. The summed E-state index contributed by atoms with van der Waals surface area (Å²) in [5, 5.41) is 0. The average molecular weight is 368 g/mol. The predicted octanol–water partition coefficient (Wildman–Crippen LogP) is 3.75. The Morgan fingerprint density at radius 1 is 1.11 bits per heavy atom. The number of anilines is 1. The Hall–Kier alpha value is -2.69. The highest BCUT2D eigenvalue weighted by Crippen LogP contribution is 2.30. The molecule has 0 radical (unpaired) electrons. The molecule has 1 fully saturated rings. The molecule has 1 saturated heterocycles. The normalized spacial score (nSPS) is 16.7. The summed E-state index contributed by atoms with van der Waals surface area (Å²) in [6, 6.07) is 14.2. The maximum atomic E-state index is 13.1. The van der Waals surface area contributed by atoms with E-state index >= 15 is 0 Å². The number of hydrogen-bond donors (Lipinski definition) is 0. The maximum absolute atomic E-state index is 13.1. The Bertz CT molecular complexity index is 766. The van der Waals surface area contributed by atoms with E-state index in [0.717, 1.165) is 31.5 Å². The monoisotopic (exact) mass is 368 g/mol. The van der Waals surface area contributed by atoms with Gasteiger partial charge in [-0.1, -0.05) is 18.2 Å². The van der Waals surface area contributed by atoms with Crippen LogP contribution in [0.3, 0.4) is 0 Å². The van der Waals surface area contributed by atoms with Gasteiger partial charge in [-0.05, 0) is 44.0 Å². The first-order valence-electron chi connectivity index (χ1n) is 9.35. The number of benzene rings is 2. The summed E-state index contributed by atoms with van der Waals surface area (Å²) in [6.07, 6.45) is 2.07. The summed E-state index contributed by atoms with van der Waals surface area (Å²) in [7, 11) is 5.11. The Kier molecular flexibility index (Phi) is 5.89. The highest BCUT2D eigenvalue weighted by atomic mass is 16.5. The van der Waals surface area contributed by atoms with Crippen LogP contribution in [0.4, 0.5) is 5.69 Å².